The van der Waals surface area contributed by atoms with Crippen molar-refractivity contribution in [3.8, 4) is 11.5 Å². The molecule has 1 heterocycles. The van der Waals surface area contributed by atoms with Crippen LogP contribution in [0.1, 0.15) is 52.8 Å². The molecule has 1 fully saturated rings. The van der Waals surface area contributed by atoms with Crippen LogP contribution in [0.3, 0.4) is 0 Å². The summed E-state index contributed by atoms with van der Waals surface area (Å²) in [5, 5.41) is 11.8. The van der Waals surface area contributed by atoms with Gasteiger partial charge in [-0.25, -0.2) is 4.79 Å². The van der Waals surface area contributed by atoms with Crippen molar-refractivity contribution in [2.45, 2.75) is 65.0 Å². The third kappa shape index (κ3) is 6.26. The molecule has 1 aromatic carbocycles. The second-order valence-electron chi connectivity index (χ2n) is 8.42. The molecule has 1 aliphatic rings. The fourth-order valence-electron chi connectivity index (χ4n) is 3.34. The van der Waals surface area contributed by atoms with Gasteiger partial charge in [-0.05, 0) is 45.2 Å². The van der Waals surface area contributed by atoms with Crippen LogP contribution in [-0.4, -0.2) is 48.9 Å². The van der Waals surface area contributed by atoms with Crippen molar-refractivity contribution < 1.29 is 63.2 Å². The molecule has 2 unspecified atom stereocenters. The van der Waals surface area contributed by atoms with Gasteiger partial charge in [-0.15, -0.1) is 0 Å². The molecule has 1 saturated heterocycles. The number of aliphatic carboxylic acids is 1. The van der Waals surface area contributed by atoms with Crippen LogP contribution >= 0.6 is 0 Å². The molecule has 162 valence electrons. The first-order valence-electron chi connectivity index (χ1n) is 9.58. The Kier molecular flexibility index (Phi) is 9.48. The second kappa shape index (κ2) is 10.7. The molecule has 1 aromatic rings. The van der Waals surface area contributed by atoms with Crippen LogP contribution in [0, 0.1) is 5.92 Å². The number of hydrogen-bond acceptors (Lipinski definition) is 7. The molecule has 2 rings (SSSR count). The number of carbonyl (C=O) groups is 2. The maximum absolute atomic E-state index is 13.1. The van der Waals surface area contributed by atoms with Crippen molar-refractivity contribution in [1.82, 2.24) is 4.90 Å². The van der Waals surface area contributed by atoms with Gasteiger partial charge in [-0.1, -0.05) is 13.8 Å². The topological polar surface area (TPSA) is 97.4 Å². The predicted molar refractivity (Wildman–Crippen MR) is 103 cm³/mol. The first kappa shape index (κ1) is 26.6. The van der Waals surface area contributed by atoms with Crippen LogP contribution in [0.15, 0.2) is 18.2 Å². The zero-order chi connectivity index (χ0) is 21.9. The van der Waals surface area contributed by atoms with Crippen molar-refractivity contribution in [2.75, 3.05) is 14.2 Å². The van der Waals surface area contributed by atoms with Crippen molar-refractivity contribution in [3.63, 3.8) is 0 Å². The minimum absolute atomic E-state index is 0. The first-order chi connectivity index (χ1) is 13.5. The van der Waals surface area contributed by atoms with E-state index in [-0.39, 0.29) is 35.5 Å². The fraction of sp³-hybridized carbons (Fsp3) is 0.619. The van der Waals surface area contributed by atoms with E-state index in [0.717, 1.165) is 0 Å². The Balaban J connectivity index is 0.00000450. The first-order valence-corrected chi connectivity index (χ1v) is 9.58. The Bertz CT molecular complexity index is 747. The maximum atomic E-state index is 13.1. The normalized spacial score (nSPS) is 21.2. The van der Waals surface area contributed by atoms with Crippen molar-refractivity contribution >= 4 is 12.1 Å². The standard InChI is InChI=1S/C21H31NO7.Na/c1-12(2)10-15-17(19(23)24)28-18(22(15)20(25)29-21(3,4)5)14-9-8-13(26-6)11-16(14)27-7;/h8-9,11-12,15,17-18H,10H2,1-7H3,(H,23,24);/q;+1/p-1/t15-,17?,18?;/m1./s1. The van der Waals surface area contributed by atoms with E-state index in [4.69, 9.17) is 18.9 Å². The van der Waals surface area contributed by atoms with E-state index in [1.54, 1.807) is 39.0 Å². The van der Waals surface area contributed by atoms with Crippen molar-refractivity contribution in [2.24, 2.45) is 5.92 Å². The number of carbonyl (C=O) groups excluding carboxylic acids is 2. The summed E-state index contributed by atoms with van der Waals surface area (Å²) in [6.45, 7) is 9.14. The van der Waals surface area contributed by atoms with E-state index in [1.807, 2.05) is 13.8 Å². The summed E-state index contributed by atoms with van der Waals surface area (Å²) in [7, 11) is 3.01. The van der Waals surface area contributed by atoms with Gasteiger partial charge in [0.2, 0.25) is 0 Å². The molecule has 1 amide bonds. The van der Waals surface area contributed by atoms with E-state index < -0.39 is 36.0 Å². The summed E-state index contributed by atoms with van der Waals surface area (Å²) in [5.41, 5.74) is -0.259. The quantitative estimate of drug-likeness (QED) is 0.561. The molecular formula is C21H30NNaO7. The Morgan fingerprint density at radius 2 is 1.83 bits per heavy atom. The van der Waals surface area contributed by atoms with Crippen LogP contribution in [0.25, 0.3) is 0 Å². The van der Waals surface area contributed by atoms with Gasteiger partial charge >= 0.3 is 35.7 Å². The van der Waals surface area contributed by atoms with Crippen LogP contribution in [0.2, 0.25) is 0 Å². The van der Waals surface area contributed by atoms with E-state index in [2.05, 4.69) is 0 Å². The summed E-state index contributed by atoms with van der Waals surface area (Å²) in [6, 6.07) is 4.28. The zero-order valence-corrected chi connectivity index (χ0v) is 21.1. The van der Waals surface area contributed by atoms with Gasteiger partial charge in [0.15, 0.2) is 6.23 Å². The third-order valence-corrected chi connectivity index (χ3v) is 4.49. The smallest absolute Gasteiger partial charge is 0.547 e. The average Bonchev–Trinajstić information content (AvgIpc) is 2.98. The molecule has 0 bridgehead atoms. The molecule has 0 saturated carbocycles. The van der Waals surface area contributed by atoms with E-state index in [1.165, 1.54) is 19.1 Å². The molecule has 30 heavy (non-hydrogen) atoms. The number of carboxylic acids is 1. The summed E-state index contributed by atoms with van der Waals surface area (Å²) < 4.78 is 22.0. The minimum atomic E-state index is -1.38. The van der Waals surface area contributed by atoms with Gasteiger partial charge in [0.05, 0.1) is 26.2 Å². The molecule has 0 aliphatic carbocycles. The number of nitrogens with zero attached hydrogens (tertiary/aromatic N) is 1. The van der Waals surface area contributed by atoms with Crippen molar-refractivity contribution in [1.29, 1.82) is 0 Å². The van der Waals surface area contributed by atoms with Crippen LogP contribution in [-0.2, 0) is 14.3 Å². The van der Waals surface area contributed by atoms with Gasteiger partial charge < -0.3 is 28.8 Å². The molecule has 8 nitrogen and oxygen atoms in total. The summed E-state index contributed by atoms with van der Waals surface area (Å²) in [6.07, 6.45) is -2.54. The largest absolute Gasteiger partial charge is 1.00 e. The number of carboxylic acid groups (broad SMARTS) is 1. The molecule has 0 spiro atoms. The van der Waals surface area contributed by atoms with Gasteiger partial charge in [0, 0.05) is 11.6 Å². The van der Waals surface area contributed by atoms with E-state index in [0.29, 0.717) is 23.5 Å². The zero-order valence-electron chi connectivity index (χ0n) is 19.1. The third-order valence-electron chi connectivity index (χ3n) is 4.49. The molecule has 1 aliphatic heterocycles. The Labute approximate surface area is 200 Å². The van der Waals surface area contributed by atoms with Gasteiger partial charge in [0.25, 0.3) is 0 Å². The molecule has 0 aromatic heterocycles. The second-order valence-corrected chi connectivity index (χ2v) is 8.42. The van der Waals surface area contributed by atoms with Gasteiger partial charge in [-0.3, -0.25) is 4.90 Å². The predicted octanol–water partition coefficient (Wildman–Crippen LogP) is -0.493. The van der Waals surface area contributed by atoms with Crippen molar-refractivity contribution in [3.05, 3.63) is 23.8 Å². The Hall–Kier alpha value is -1.48. The summed E-state index contributed by atoms with van der Waals surface area (Å²) in [4.78, 5) is 26.2. The summed E-state index contributed by atoms with van der Waals surface area (Å²) >= 11 is 0. The Morgan fingerprint density at radius 1 is 1.20 bits per heavy atom. The number of benzene rings is 1. The number of rotatable bonds is 6. The Morgan fingerprint density at radius 3 is 2.30 bits per heavy atom. The SMILES string of the molecule is COc1ccc(C2OC(C(=O)[O-])[C@@H](CC(C)C)N2C(=O)OC(C)(C)C)c(OC)c1.[Na+]. The van der Waals surface area contributed by atoms with Crippen LogP contribution < -0.4 is 44.1 Å². The maximum Gasteiger partial charge on any atom is 1.00 e. The number of ether oxygens (including phenoxy) is 4. The number of amides is 1. The van der Waals surface area contributed by atoms with Crippen LogP contribution in [0.4, 0.5) is 4.79 Å². The number of hydrogen-bond donors (Lipinski definition) is 0. The van der Waals surface area contributed by atoms with E-state index >= 15 is 0 Å². The van der Waals surface area contributed by atoms with Gasteiger partial charge in [-0.2, -0.15) is 0 Å². The monoisotopic (exact) mass is 431 g/mol. The molecular weight excluding hydrogens is 401 g/mol. The van der Waals surface area contributed by atoms with Crippen LogP contribution in [0.5, 0.6) is 11.5 Å². The molecule has 0 radical (unpaired) electrons. The van der Waals surface area contributed by atoms with E-state index in [9.17, 15) is 14.7 Å². The molecule has 3 atom stereocenters. The van der Waals surface area contributed by atoms with Gasteiger partial charge in [0.1, 0.15) is 23.2 Å². The average molecular weight is 431 g/mol. The number of methoxy groups -OCH3 is 2. The molecule has 9 heteroatoms. The fourth-order valence-corrected chi connectivity index (χ4v) is 3.34. The minimum Gasteiger partial charge on any atom is -0.547 e. The summed E-state index contributed by atoms with van der Waals surface area (Å²) in [5.74, 6) is -0.293. The molecule has 0 N–H and O–H groups in total.